The van der Waals surface area contributed by atoms with Crippen LogP contribution in [-0.4, -0.2) is 83.0 Å². The van der Waals surface area contributed by atoms with Crippen LogP contribution >= 0.6 is 0 Å². The molecule has 12 nitrogen and oxygen atoms in total. The van der Waals surface area contributed by atoms with Crippen molar-refractivity contribution in [2.24, 2.45) is 5.92 Å². The topological polar surface area (TPSA) is 149 Å². The third-order valence-corrected chi connectivity index (χ3v) is 7.95. The van der Waals surface area contributed by atoms with Crippen LogP contribution in [0.5, 0.6) is 5.75 Å². The number of aryl methyl sites for hydroxylation is 2. The number of hydrogen-bond acceptors (Lipinski definition) is 7. The first-order valence-electron chi connectivity index (χ1n) is 14.3. The zero-order valence-corrected chi connectivity index (χ0v) is 24.5. The summed E-state index contributed by atoms with van der Waals surface area (Å²) in [6, 6.07) is 3.99. The van der Waals surface area contributed by atoms with E-state index in [1.54, 1.807) is 50.9 Å². The number of hydrogen-bond donors (Lipinski definition) is 4. The molecule has 41 heavy (non-hydrogen) atoms. The zero-order valence-electron chi connectivity index (χ0n) is 24.5. The molecule has 4 rings (SSSR count). The van der Waals surface area contributed by atoms with Gasteiger partial charge in [0.1, 0.15) is 17.5 Å². The van der Waals surface area contributed by atoms with E-state index in [-0.39, 0.29) is 54.4 Å². The molecule has 0 spiro atoms. The third kappa shape index (κ3) is 7.10. The fraction of sp³-hybridized carbons (Fsp3) is 0.586. The molecule has 4 N–H and O–H groups in total. The lowest BCUT2D eigenvalue weighted by Gasteiger charge is -2.38. The minimum Gasteiger partial charge on any atom is -0.485 e. The first-order chi connectivity index (χ1) is 19.6. The number of aromatic nitrogens is 1. The molecule has 5 amide bonds. The highest BCUT2D eigenvalue weighted by atomic mass is 16.5. The predicted octanol–water partition coefficient (Wildman–Crippen LogP) is 4.13. The summed E-state index contributed by atoms with van der Waals surface area (Å²) in [7, 11) is 1.66. The van der Waals surface area contributed by atoms with E-state index in [4.69, 9.17) is 9.26 Å². The summed E-state index contributed by atoms with van der Waals surface area (Å²) >= 11 is 0. The average molecular weight is 571 g/mol. The summed E-state index contributed by atoms with van der Waals surface area (Å²) in [5.41, 5.74) is 1.73. The molecule has 224 valence electrons. The van der Waals surface area contributed by atoms with Crippen molar-refractivity contribution in [1.82, 2.24) is 20.3 Å². The zero-order chi connectivity index (χ0) is 29.7. The number of fused-ring (bicyclic) bond motifs is 1. The Bertz CT molecular complexity index is 1220. The van der Waals surface area contributed by atoms with Gasteiger partial charge in [0.2, 0.25) is 0 Å². The number of nitrogens with one attached hydrogen (secondary N) is 3. The molecule has 1 aliphatic carbocycles. The Balaban J connectivity index is 1.60. The SMILES string of the molecule is Cc1noc(C)c1NC(=O)N(C)C[C@@H]1Oc2c(NC(=O)NC3CCCCC3)cccc2C(=O)N([C@@H](C)CO)C[C@@H]1C. The Hall–Kier alpha value is -3.80. The number of benzene rings is 1. The van der Waals surface area contributed by atoms with Crippen LogP contribution in [0.25, 0.3) is 0 Å². The van der Waals surface area contributed by atoms with Gasteiger partial charge in [-0.25, -0.2) is 9.59 Å². The first-order valence-corrected chi connectivity index (χ1v) is 14.3. The van der Waals surface area contributed by atoms with Gasteiger partial charge < -0.3 is 40.1 Å². The van der Waals surface area contributed by atoms with Crippen molar-refractivity contribution in [1.29, 1.82) is 0 Å². The standard InChI is InChI=1S/C29H42N6O6/c1-17-14-35(18(2)16-36)27(37)22-12-9-13-23(31-28(38)30-21-10-7-6-8-11-21)26(22)40-24(17)15-34(5)29(39)32-25-19(3)33-41-20(25)4/h9,12-13,17-18,21,24,36H,6-8,10-11,14-16H2,1-5H3,(H,32,39)(H2,30,31,38)/t17-,18-,24-/m0/s1. The molecule has 12 heteroatoms. The maximum atomic E-state index is 13.7. The van der Waals surface area contributed by atoms with Crippen LogP contribution in [0.1, 0.15) is 67.8 Å². The van der Waals surface area contributed by atoms with Crippen molar-refractivity contribution in [3.8, 4) is 5.75 Å². The normalized spacial score (nSPS) is 20.2. The van der Waals surface area contributed by atoms with E-state index >= 15 is 0 Å². The van der Waals surface area contributed by atoms with Crippen LogP contribution in [0.15, 0.2) is 22.7 Å². The first kappa shape index (κ1) is 30.2. The van der Waals surface area contributed by atoms with Crippen molar-refractivity contribution in [3.63, 3.8) is 0 Å². The number of aliphatic hydroxyl groups is 1. The number of carbonyl (C=O) groups is 3. The monoisotopic (exact) mass is 570 g/mol. The largest absolute Gasteiger partial charge is 0.485 e. The fourth-order valence-corrected chi connectivity index (χ4v) is 5.37. The molecule has 1 aliphatic heterocycles. The quantitative estimate of drug-likeness (QED) is 0.391. The van der Waals surface area contributed by atoms with E-state index in [1.807, 2.05) is 6.92 Å². The second kappa shape index (κ2) is 13.2. The van der Waals surface area contributed by atoms with Crippen LogP contribution in [-0.2, 0) is 0 Å². The van der Waals surface area contributed by atoms with Crippen molar-refractivity contribution in [2.75, 3.05) is 37.4 Å². The number of urea groups is 2. The van der Waals surface area contributed by atoms with Crippen LogP contribution < -0.4 is 20.7 Å². The van der Waals surface area contributed by atoms with Gasteiger partial charge in [0.25, 0.3) is 5.91 Å². The van der Waals surface area contributed by atoms with E-state index in [9.17, 15) is 19.5 Å². The van der Waals surface area contributed by atoms with Crippen LogP contribution in [0.4, 0.5) is 21.0 Å². The highest BCUT2D eigenvalue weighted by molar-refractivity contribution is 6.01. The highest BCUT2D eigenvalue weighted by Gasteiger charge is 2.35. The number of para-hydroxylation sites is 1. The van der Waals surface area contributed by atoms with Crippen LogP contribution in [0.3, 0.4) is 0 Å². The fourth-order valence-electron chi connectivity index (χ4n) is 5.37. The van der Waals surface area contributed by atoms with E-state index in [2.05, 4.69) is 21.1 Å². The predicted molar refractivity (Wildman–Crippen MR) is 154 cm³/mol. The van der Waals surface area contributed by atoms with Crippen LogP contribution in [0.2, 0.25) is 0 Å². The summed E-state index contributed by atoms with van der Waals surface area (Å²) in [5.74, 6) is 0.220. The van der Waals surface area contributed by atoms with Crippen molar-refractivity contribution in [3.05, 3.63) is 35.2 Å². The number of carbonyl (C=O) groups excluding carboxylic acids is 3. The van der Waals surface area contributed by atoms with Gasteiger partial charge in [0.15, 0.2) is 11.5 Å². The van der Waals surface area contributed by atoms with Gasteiger partial charge in [-0.3, -0.25) is 4.79 Å². The van der Waals surface area contributed by atoms with Crippen molar-refractivity contribution >= 4 is 29.3 Å². The Morgan fingerprint density at radius 2 is 1.93 bits per heavy atom. The Morgan fingerprint density at radius 1 is 1.20 bits per heavy atom. The van der Waals surface area contributed by atoms with E-state index in [0.717, 1.165) is 25.7 Å². The molecule has 0 saturated heterocycles. The molecule has 3 atom stereocenters. The average Bonchev–Trinajstić information content (AvgIpc) is 3.27. The minimum absolute atomic E-state index is 0.107. The van der Waals surface area contributed by atoms with Crippen molar-refractivity contribution in [2.45, 2.75) is 78.0 Å². The summed E-state index contributed by atoms with van der Waals surface area (Å²) in [6.45, 7) is 7.48. The van der Waals surface area contributed by atoms with Gasteiger partial charge in [0.05, 0.1) is 30.4 Å². The molecule has 1 saturated carbocycles. The summed E-state index contributed by atoms with van der Waals surface area (Å²) in [5, 5.41) is 22.6. The van der Waals surface area contributed by atoms with Gasteiger partial charge in [-0.15, -0.1) is 0 Å². The van der Waals surface area contributed by atoms with E-state index < -0.39 is 12.1 Å². The Morgan fingerprint density at radius 3 is 2.59 bits per heavy atom. The number of nitrogens with zero attached hydrogens (tertiary/aromatic N) is 3. The van der Waals surface area contributed by atoms with Gasteiger partial charge >= 0.3 is 12.1 Å². The molecule has 1 fully saturated rings. The van der Waals surface area contributed by atoms with Crippen molar-refractivity contribution < 1.29 is 28.8 Å². The molecule has 0 bridgehead atoms. The number of ether oxygens (including phenoxy) is 1. The molecular weight excluding hydrogens is 528 g/mol. The lowest BCUT2D eigenvalue weighted by atomic mass is 9.96. The Labute approximate surface area is 240 Å². The molecule has 2 aliphatic rings. The summed E-state index contributed by atoms with van der Waals surface area (Å²) in [6.07, 6.45) is 4.67. The highest BCUT2D eigenvalue weighted by Crippen LogP contribution is 2.35. The smallest absolute Gasteiger partial charge is 0.321 e. The minimum atomic E-state index is -0.542. The molecule has 0 radical (unpaired) electrons. The lowest BCUT2D eigenvalue weighted by molar-refractivity contribution is 0.0373. The maximum Gasteiger partial charge on any atom is 0.321 e. The third-order valence-electron chi connectivity index (χ3n) is 7.95. The number of amides is 5. The lowest BCUT2D eigenvalue weighted by Crippen LogP contribution is -2.50. The van der Waals surface area contributed by atoms with E-state index in [1.165, 1.54) is 11.3 Å². The van der Waals surface area contributed by atoms with Gasteiger partial charge in [0, 0.05) is 25.6 Å². The number of rotatable bonds is 7. The number of anilines is 2. The molecule has 1 aromatic carbocycles. The molecule has 2 heterocycles. The van der Waals surface area contributed by atoms with Gasteiger partial charge in [-0.2, -0.15) is 0 Å². The van der Waals surface area contributed by atoms with Crippen LogP contribution in [0, 0.1) is 19.8 Å². The van der Waals surface area contributed by atoms with Gasteiger partial charge in [-0.05, 0) is 45.7 Å². The Kier molecular flexibility index (Phi) is 9.74. The summed E-state index contributed by atoms with van der Waals surface area (Å²) in [4.78, 5) is 42.9. The maximum absolute atomic E-state index is 13.7. The molecule has 1 aromatic heterocycles. The second-order valence-electron chi connectivity index (χ2n) is 11.2. The molecule has 0 unspecified atom stereocenters. The second-order valence-corrected chi connectivity index (χ2v) is 11.2. The molecular formula is C29H42N6O6. The van der Waals surface area contributed by atoms with Gasteiger partial charge in [-0.1, -0.05) is 37.4 Å². The number of aliphatic hydroxyl groups excluding tert-OH is 1. The number of likely N-dealkylation sites (N-methyl/N-ethyl adjacent to an activating group) is 1. The summed E-state index contributed by atoms with van der Waals surface area (Å²) < 4.78 is 11.7. The van der Waals surface area contributed by atoms with E-state index in [0.29, 0.717) is 29.4 Å². The molecule has 2 aromatic rings.